The molecule has 0 spiro atoms. The minimum Gasteiger partial charge on any atom is -0.482 e. The number of hydrogen-bond donors (Lipinski definition) is 1. The second-order valence-corrected chi connectivity index (χ2v) is 4.82. The first kappa shape index (κ1) is 13.8. The van der Waals surface area contributed by atoms with E-state index < -0.39 is 0 Å². The molecular formula is C13H15ClN2O3. The van der Waals surface area contributed by atoms with Gasteiger partial charge in [0.25, 0.3) is 5.89 Å². The van der Waals surface area contributed by atoms with Gasteiger partial charge in [-0.3, -0.25) is 0 Å². The van der Waals surface area contributed by atoms with Crippen molar-refractivity contribution in [3.8, 4) is 5.75 Å². The molecule has 2 rings (SSSR count). The molecule has 0 radical (unpaired) electrons. The fourth-order valence-corrected chi connectivity index (χ4v) is 1.72. The molecule has 0 fully saturated rings. The number of rotatable bonds is 5. The first-order chi connectivity index (χ1) is 9.10. The third-order valence-corrected chi connectivity index (χ3v) is 2.83. The van der Waals surface area contributed by atoms with Gasteiger partial charge in [-0.2, -0.15) is 4.98 Å². The highest BCUT2D eigenvalue weighted by Crippen LogP contribution is 2.26. The summed E-state index contributed by atoms with van der Waals surface area (Å²) >= 11 is 6.03. The molecule has 1 aromatic heterocycles. The number of aromatic nitrogens is 2. The summed E-state index contributed by atoms with van der Waals surface area (Å²) < 4.78 is 10.6. The van der Waals surface area contributed by atoms with Gasteiger partial charge in [-0.25, -0.2) is 0 Å². The first-order valence-electron chi connectivity index (χ1n) is 5.94. The van der Waals surface area contributed by atoms with Crippen LogP contribution in [0, 0.1) is 0 Å². The summed E-state index contributed by atoms with van der Waals surface area (Å²) in [5, 5.41) is 13.3. The zero-order valence-electron chi connectivity index (χ0n) is 10.8. The molecule has 0 saturated heterocycles. The summed E-state index contributed by atoms with van der Waals surface area (Å²) in [7, 11) is 0. The number of halogens is 1. The van der Waals surface area contributed by atoms with E-state index in [1.807, 2.05) is 13.8 Å². The Morgan fingerprint density at radius 1 is 1.42 bits per heavy atom. The van der Waals surface area contributed by atoms with Crippen LogP contribution in [-0.4, -0.2) is 15.2 Å². The number of ether oxygens (including phenoxy) is 1. The first-order valence-corrected chi connectivity index (χ1v) is 6.32. The summed E-state index contributed by atoms with van der Waals surface area (Å²) in [6.07, 6.45) is 0. The number of aliphatic hydroxyl groups excluding tert-OH is 1. The molecule has 0 bridgehead atoms. The quantitative estimate of drug-likeness (QED) is 0.913. The lowest BCUT2D eigenvalue weighted by Crippen LogP contribution is -1.98. The van der Waals surface area contributed by atoms with Crippen molar-refractivity contribution in [3.63, 3.8) is 0 Å². The fourth-order valence-electron chi connectivity index (χ4n) is 1.46. The second-order valence-electron chi connectivity index (χ2n) is 4.41. The Balaban J connectivity index is 2.01. The predicted octanol–water partition coefficient (Wildman–Crippen LogP) is 2.92. The minimum absolute atomic E-state index is 0.0542. The van der Waals surface area contributed by atoms with Crippen molar-refractivity contribution in [2.24, 2.45) is 0 Å². The molecule has 0 unspecified atom stereocenters. The smallest absolute Gasteiger partial charge is 0.264 e. The Hall–Kier alpha value is -1.59. The molecule has 102 valence electrons. The van der Waals surface area contributed by atoms with Crippen LogP contribution in [0.5, 0.6) is 5.75 Å². The van der Waals surface area contributed by atoms with Gasteiger partial charge in [0.1, 0.15) is 5.75 Å². The van der Waals surface area contributed by atoms with Gasteiger partial charge < -0.3 is 14.4 Å². The van der Waals surface area contributed by atoms with Crippen LogP contribution in [0.2, 0.25) is 5.02 Å². The third kappa shape index (κ3) is 3.45. The molecule has 0 amide bonds. The molecule has 0 aliphatic heterocycles. The molecule has 0 saturated carbocycles. The Kier molecular flexibility index (Phi) is 4.39. The number of aliphatic hydroxyl groups is 1. The van der Waals surface area contributed by atoms with Gasteiger partial charge >= 0.3 is 0 Å². The molecule has 0 aliphatic rings. The average molecular weight is 283 g/mol. The molecule has 6 heteroatoms. The van der Waals surface area contributed by atoms with E-state index in [-0.39, 0.29) is 19.1 Å². The predicted molar refractivity (Wildman–Crippen MR) is 70.1 cm³/mol. The monoisotopic (exact) mass is 282 g/mol. The van der Waals surface area contributed by atoms with E-state index in [1.54, 1.807) is 18.2 Å². The van der Waals surface area contributed by atoms with Gasteiger partial charge in [-0.1, -0.05) is 36.7 Å². The lowest BCUT2D eigenvalue weighted by atomic mass is 10.2. The summed E-state index contributed by atoms with van der Waals surface area (Å²) in [5.41, 5.74) is 0.734. The van der Waals surface area contributed by atoms with Gasteiger partial charge in [0.05, 0.1) is 11.6 Å². The largest absolute Gasteiger partial charge is 0.482 e. The van der Waals surface area contributed by atoms with Crippen molar-refractivity contribution in [1.29, 1.82) is 0 Å². The van der Waals surface area contributed by atoms with E-state index in [0.717, 1.165) is 5.56 Å². The molecule has 0 aliphatic carbocycles. The molecule has 0 atom stereocenters. The van der Waals surface area contributed by atoms with Crippen LogP contribution in [0.25, 0.3) is 0 Å². The van der Waals surface area contributed by atoms with E-state index in [2.05, 4.69) is 10.1 Å². The van der Waals surface area contributed by atoms with Crippen LogP contribution in [-0.2, 0) is 13.2 Å². The summed E-state index contributed by atoms with van der Waals surface area (Å²) in [6.45, 7) is 4.08. The highest BCUT2D eigenvalue weighted by atomic mass is 35.5. The van der Waals surface area contributed by atoms with E-state index in [0.29, 0.717) is 22.5 Å². The second kappa shape index (κ2) is 6.04. The Morgan fingerprint density at radius 2 is 2.21 bits per heavy atom. The van der Waals surface area contributed by atoms with Crippen molar-refractivity contribution in [3.05, 3.63) is 40.5 Å². The van der Waals surface area contributed by atoms with E-state index in [9.17, 15) is 0 Å². The van der Waals surface area contributed by atoms with Crippen molar-refractivity contribution in [2.45, 2.75) is 33.0 Å². The Bertz CT molecular complexity index is 555. The summed E-state index contributed by atoms with van der Waals surface area (Å²) in [5.74, 6) is 1.79. The molecule has 2 aromatic rings. The van der Waals surface area contributed by atoms with Crippen LogP contribution in [0.3, 0.4) is 0 Å². The van der Waals surface area contributed by atoms with E-state index in [1.165, 1.54) is 0 Å². The van der Waals surface area contributed by atoms with Gasteiger partial charge in [-0.15, -0.1) is 0 Å². The topological polar surface area (TPSA) is 68.4 Å². The Morgan fingerprint density at radius 3 is 2.79 bits per heavy atom. The van der Waals surface area contributed by atoms with Crippen molar-refractivity contribution < 1.29 is 14.4 Å². The van der Waals surface area contributed by atoms with Crippen molar-refractivity contribution in [2.75, 3.05) is 0 Å². The molecule has 5 nitrogen and oxygen atoms in total. The normalized spacial score (nSPS) is 11.0. The van der Waals surface area contributed by atoms with Crippen molar-refractivity contribution >= 4 is 11.6 Å². The van der Waals surface area contributed by atoms with Crippen molar-refractivity contribution in [1.82, 2.24) is 10.1 Å². The van der Waals surface area contributed by atoms with E-state index in [4.69, 9.17) is 26.0 Å². The summed E-state index contributed by atoms with van der Waals surface area (Å²) in [4.78, 5) is 4.20. The molecule has 1 heterocycles. The summed E-state index contributed by atoms with van der Waals surface area (Å²) in [6, 6.07) is 5.10. The zero-order valence-corrected chi connectivity index (χ0v) is 11.5. The van der Waals surface area contributed by atoms with Crippen LogP contribution in [0.4, 0.5) is 0 Å². The molecule has 1 aromatic carbocycles. The maximum absolute atomic E-state index is 8.98. The SMILES string of the molecule is CC(C)c1noc(COc2ccc(CO)cc2Cl)n1. The maximum Gasteiger partial charge on any atom is 0.264 e. The fraction of sp³-hybridized carbons (Fsp3) is 0.385. The highest BCUT2D eigenvalue weighted by Gasteiger charge is 2.11. The van der Waals surface area contributed by atoms with Crippen LogP contribution >= 0.6 is 11.6 Å². The van der Waals surface area contributed by atoms with E-state index >= 15 is 0 Å². The third-order valence-electron chi connectivity index (χ3n) is 2.53. The lowest BCUT2D eigenvalue weighted by molar-refractivity contribution is 0.242. The number of benzene rings is 1. The van der Waals surface area contributed by atoms with Crippen LogP contribution in [0.1, 0.15) is 37.0 Å². The molecule has 1 N–H and O–H groups in total. The van der Waals surface area contributed by atoms with Gasteiger partial charge in [0.15, 0.2) is 12.4 Å². The standard InChI is InChI=1S/C13H15ClN2O3/c1-8(2)13-15-12(19-16-13)7-18-11-4-3-9(6-17)5-10(11)14/h3-5,8,17H,6-7H2,1-2H3. The maximum atomic E-state index is 8.98. The lowest BCUT2D eigenvalue weighted by Gasteiger charge is -2.06. The average Bonchev–Trinajstić information content (AvgIpc) is 2.86. The molecule has 19 heavy (non-hydrogen) atoms. The Labute approximate surface area is 116 Å². The van der Waals surface area contributed by atoms with Gasteiger partial charge in [-0.05, 0) is 17.7 Å². The zero-order chi connectivity index (χ0) is 13.8. The van der Waals surface area contributed by atoms with Crippen LogP contribution < -0.4 is 4.74 Å². The highest BCUT2D eigenvalue weighted by molar-refractivity contribution is 6.32. The number of hydrogen-bond acceptors (Lipinski definition) is 5. The van der Waals surface area contributed by atoms with Gasteiger partial charge in [0, 0.05) is 5.92 Å². The minimum atomic E-state index is -0.0542. The molecular weight excluding hydrogens is 268 g/mol. The van der Waals surface area contributed by atoms with Crippen LogP contribution in [0.15, 0.2) is 22.7 Å². The van der Waals surface area contributed by atoms with Gasteiger partial charge in [0.2, 0.25) is 0 Å². The number of nitrogens with zero attached hydrogens (tertiary/aromatic N) is 2.